The fourth-order valence-corrected chi connectivity index (χ4v) is 2.29. The van der Waals surface area contributed by atoms with Crippen molar-refractivity contribution in [1.82, 2.24) is 0 Å². The lowest BCUT2D eigenvalue weighted by Gasteiger charge is -2.11. The summed E-state index contributed by atoms with van der Waals surface area (Å²) in [7, 11) is 0. The predicted octanol–water partition coefficient (Wildman–Crippen LogP) is 6.09. The first kappa shape index (κ1) is 16.2. The molecule has 8 heteroatoms. The summed E-state index contributed by atoms with van der Waals surface area (Å²) in [4.78, 5) is 10.5. The van der Waals surface area contributed by atoms with Gasteiger partial charge in [0.15, 0.2) is 0 Å². The molecule has 21 heavy (non-hydrogen) atoms. The van der Waals surface area contributed by atoms with Crippen LogP contribution in [0.2, 0.25) is 15.1 Å². The van der Waals surface area contributed by atoms with Crippen LogP contribution < -0.4 is 4.74 Å². The van der Waals surface area contributed by atoms with E-state index in [1.54, 1.807) is 12.1 Å². The van der Waals surface area contributed by atoms with Crippen molar-refractivity contribution < 1.29 is 9.66 Å². The Kier molecular flexibility index (Phi) is 5.17. The number of nitro groups is 1. The minimum absolute atomic E-state index is 0.0389. The van der Waals surface area contributed by atoms with Gasteiger partial charge in [-0.25, -0.2) is 0 Å². The highest BCUT2D eigenvalue weighted by Gasteiger charge is 2.20. The lowest BCUT2D eigenvalue weighted by atomic mass is 10.2. The van der Waals surface area contributed by atoms with Crippen molar-refractivity contribution in [2.24, 2.45) is 0 Å². The van der Waals surface area contributed by atoms with Gasteiger partial charge in [-0.2, -0.15) is 0 Å². The third-order valence-electron chi connectivity index (χ3n) is 2.59. The Morgan fingerprint density at radius 2 is 1.71 bits per heavy atom. The molecule has 0 aliphatic heterocycles. The Hall–Kier alpha value is -1.20. The molecule has 2 aromatic carbocycles. The maximum Gasteiger partial charge on any atom is 0.313 e. The molecular weight excluding hydrogens is 360 g/mol. The largest absolute Gasteiger partial charge is 0.450 e. The van der Waals surface area contributed by atoms with Crippen molar-refractivity contribution in [2.75, 3.05) is 0 Å². The number of hydrogen-bond donors (Lipinski definition) is 0. The molecule has 0 fully saturated rings. The lowest BCUT2D eigenvalue weighted by molar-refractivity contribution is -0.385. The number of hydrogen-bond acceptors (Lipinski definition) is 3. The first-order valence-corrected chi connectivity index (χ1v) is 7.25. The predicted molar refractivity (Wildman–Crippen MR) is 84.2 cm³/mol. The van der Waals surface area contributed by atoms with Crippen LogP contribution in [0.1, 0.15) is 5.56 Å². The Morgan fingerprint density at radius 1 is 1.05 bits per heavy atom. The maximum absolute atomic E-state index is 11.1. The standard InChI is InChI=1S/C13H7Cl4NO3/c14-6-7-1-2-8(15)3-12(7)21-13-5-10(17)9(16)4-11(13)18(19)20/h1-5H,6H2. The highest BCUT2D eigenvalue weighted by molar-refractivity contribution is 6.42. The van der Waals surface area contributed by atoms with Crippen LogP contribution in [0.3, 0.4) is 0 Å². The van der Waals surface area contributed by atoms with E-state index in [4.69, 9.17) is 51.1 Å². The van der Waals surface area contributed by atoms with Crippen molar-refractivity contribution in [3.05, 3.63) is 61.1 Å². The topological polar surface area (TPSA) is 52.4 Å². The molecule has 0 saturated carbocycles. The van der Waals surface area contributed by atoms with Crippen molar-refractivity contribution in [2.45, 2.75) is 5.88 Å². The molecule has 0 aromatic heterocycles. The van der Waals surface area contributed by atoms with E-state index in [0.717, 1.165) is 6.07 Å². The monoisotopic (exact) mass is 365 g/mol. The highest BCUT2D eigenvalue weighted by atomic mass is 35.5. The minimum Gasteiger partial charge on any atom is -0.450 e. The molecule has 0 heterocycles. The second-order valence-electron chi connectivity index (χ2n) is 3.98. The third-order valence-corrected chi connectivity index (χ3v) is 3.84. The van der Waals surface area contributed by atoms with Crippen LogP contribution in [0.15, 0.2) is 30.3 Å². The molecule has 0 radical (unpaired) electrons. The fourth-order valence-electron chi connectivity index (χ4n) is 1.59. The fraction of sp³-hybridized carbons (Fsp3) is 0.0769. The van der Waals surface area contributed by atoms with Gasteiger partial charge in [0.2, 0.25) is 5.75 Å². The molecule has 2 aromatic rings. The molecule has 0 aliphatic rings. The summed E-state index contributed by atoms with van der Waals surface area (Å²) in [6.07, 6.45) is 0. The summed E-state index contributed by atoms with van der Waals surface area (Å²) in [5.74, 6) is 0.448. The van der Waals surface area contributed by atoms with Crippen LogP contribution >= 0.6 is 46.4 Å². The summed E-state index contributed by atoms with van der Waals surface area (Å²) in [6, 6.07) is 7.25. The second-order valence-corrected chi connectivity index (χ2v) is 5.50. The quantitative estimate of drug-likeness (QED) is 0.374. The number of nitrogens with zero attached hydrogens (tertiary/aromatic N) is 1. The Labute approximate surface area is 140 Å². The van der Waals surface area contributed by atoms with Gasteiger partial charge < -0.3 is 4.74 Å². The summed E-state index contributed by atoms with van der Waals surface area (Å²) in [6.45, 7) is 0. The number of halogens is 4. The minimum atomic E-state index is -0.609. The van der Waals surface area contributed by atoms with E-state index in [9.17, 15) is 10.1 Å². The van der Waals surface area contributed by atoms with E-state index in [0.29, 0.717) is 16.3 Å². The molecule has 0 saturated heterocycles. The average Bonchev–Trinajstić information content (AvgIpc) is 2.42. The Balaban J connectivity index is 2.51. The summed E-state index contributed by atoms with van der Waals surface area (Å²) < 4.78 is 5.56. The van der Waals surface area contributed by atoms with Crippen LogP contribution in [0, 0.1) is 10.1 Å². The van der Waals surface area contributed by atoms with E-state index < -0.39 is 4.92 Å². The zero-order valence-corrected chi connectivity index (χ0v) is 13.3. The van der Waals surface area contributed by atoms with Crippen molar-refractivity contribution >= 4 is 52.1 Å². The molecule has 0 bridgehead atoms. The van der Waals surface area contributed by atoms with Crippen molar-refractivity contribution in [3.63, 3.8) is 0 Å². The Bertz CT molecular complexity index is 706. The molecule has 4 nitrogen and oxygen atoms in total. The van der Waals surface area contributed by atoms with E-state index in [2.05, 4.69) is 0 Å². The molecule has 0 N–H and O–H groups in total. The molecule has 2 rings (SSSR count). The molecule has 0 spiro atoms. The van der Waals surface area contributed by atoms with Gasteiger partial charge >= 0.3 is 5.69 Å². The van der Waals surface area contributed by atoms with Crippen molar-refractivity contribution in [1.29, 1.82) is 0 Å². The SMILES string of the molecule is O=[N+]([O-])c1cc(Cl)c(Cl)cc1Oc1cc(Cl)ccc1CCl. The van der Waals surface area contributed by atoms with Crippen LogP contribution in [-0.4, -0.2) is 4.92 Å². The van der Waals surface area contributed by atoms with E-state index in [-0.39, 0.29) is 27.4 Å². The zero-order valence-electron chi connectivity index (χ0n) is 10.3. The Morgan fingerprint density at radius 3 is 2.33 bits per heavy atom. The van der Waals surface area contributed by atoms with Gasteiger partial charge in [-0.3, -0.25) is 10.1 Å². The van der Waals surface area contributed by atoms with Gasteiger partial charge in [-0.05, 0) is 12.1 Å². The van der Waals surface area contributed by atoms with Gasteiger partial charge in [0.05, 0.1) is 20.8 Å². The van der Waals surface area contributed by atoms with E-state index in [1.165, 1.54) is 12.1 Å². The summed E-state index contributed by atoms with van der Waals surface area (Å²) in [5, 5.41) is 11.7. The van der Waals surface area contributed by atoms with Gasteiger partial charge in [0, 0.05) is 22.7 Å². The van der Waals surface area contributed by atoms with Gasteiger partial charge in [-0.1, -0.05) is 40.9 Å². The first-order chi connectivity index (χ1) is 9.92. The molecule has 0 atom stereocenters. The molecule has 0 aliphatic carbocycles. The van der Waals surface area contributed by atoms with E-state index in [1.807, 2.05) is 0 Å². The second kappa shape index (κ2) is 6.71. The number of benzene rings is 2. The smallest absolute Gasteiger partial charge is 0.313 e. The zero-order chi connectivity index (χ0) is 15.6. The first-order valence-electron chi connectivity index (χ1n) is 5.58. The molecule has 0 unspecified atom stereocenters. The van der Waals surface area contributed by atoms with Crippen LogP contribution in [0.25, 0.3) is 0 Å². The van der Waals surface area contributed by atoms with Gasteiger partial charge in [-0.15, -0.1) is 11.6 Å². The number of alkyl halides is 1. The lowest BCUT2D eigenvalue weighted by Crippen LogP contribution is -1.96. The van der Waals surface area contributed by atoms with E-state index >= 15 is 0 Å². The molecule has 110 valence electrons. The van der Waals surface area contributed by atoms with Crippen LogP contribution in [-0.2, 0) is 5.88 Å². The van der Waals surface area contributed by atoms with Gasteiger partial charge in [0.1, 0.15) is 5.75 Å². The highest BCUT2D eigenvalue weighted by Crippen LogP contribution is 2.39. The van der Waals surface area contributed by atoms with Gasteiger partial charge in [0.25, 0.3) is 0 Å². The third kappa shape index (κ3) is 3.71. The number of rotatable bonds is 4. The van der Waals surface area contributed by atoms with Crippen LogP contribution in [0.5, 0.6) is 11.5 Å². The number of ether oxygens (including phenoxy) is 1. The molecular formula is C13H7Cl4NO3. The molecule has 0 amide bonds. The summed E-state index contributed by atoms with van der Waals surface area (Å²) in [5.41, 5.74) is 0.339. The summed E-state index contributed by atoms with van der Waals surface area (Å²) >= 11 is 23.4. The van der Waals surface area contributed by atoms with Crippen LogP contribution in [0.4, 0.5) is 5.69 Å². The number of nitro benzene ring substituents is 1. The van der Waals surface area contributed by atoms with Crippen molar-refractivity contribution in [3.8, 4) is 11.5 Å². The maximum atomic E-state index is 11.1. The average molecular weight is 367 g/mol. The normalized spacial score (nSPS) is 10.5.